The van der Waals surface area contributed by atoms with Crippen LogP contribution in [0.25, 0.3) is 0 Å². The number of hydrogen-bond donors (Lipinski definition) is 2. The number of amides is 3. The molecule has 2 aliphatic rings. The molecule has 0 spiro atoms. The number of ketones is 1. The third kappa shape index (κ3) is 6.47. The predicted octanol–water partition coefficient (Wildman–Crippen LogP) is 3.44. The molecule has 176 valence electrons. The number of anilines is 1. The van der Waals surface area contributed by atoms with Crippen LogP contribution in [0.1, 0.15) is 62.2 Å². The first-order valence-electron chi connectivity index (χ1n) is 12.0. The van der Waals surface area contributed by atoms with Crippen LogP contribution in [-0.2, 0) is 4.79 Å². The first kappa shape index (κ1) is 24.1. The predicted molar refractivity (Wildman–Crippen MR) is 127 cm³/mol. The Morgan fingerprint density at radius 1 is 1.03 bits per heavy atom. The molecule has 0 bridgehead atoms. The molecule has 1 saturated carbocycles. The maximum Gasteiger partial charge on any atom is 0.315 e. The Kier molecular flexibility index (Phi) is 8.53. The zero-order chi connectivity index (χ0) is 23.1. The van der Waals surface area contributed by atoms with E-state index in [1.54, 1.807) is 0 Å². The van der Waals surface area contributed by atoms with E-state index in [4.69, 9.17) is 0 Å². The molecule has 1 aliphatic carbocycles. The molecule has 7 heteroatoms. The Bertz CT molecular complexity index is 787. The molecule has 1 aromatic carbocycles. The summed E-state index contributed by atoms with van der Waals surface area (Å²) in [4.78, 5) is 42.3. The Balaban J connectivity index is 1.62. The normalized spacial score (nSPS) is 20.3. The van der Waals surface area contributed by atoms with Gasteiger partial charge in [-0.05, 0) is 61.8 Å². The van der Waals surface area contributed by atoms with Gasteiger partial charge in [0.15, 0.2) is 5.78 Å². The summed E-state index contributed by atoms with van der Waals surface area (Å²) in [6.07, 6.45) is 7.31. The molecule has 32 heavy (non-hydrogen) atoms. The molecule has 7 nitrogen and oxygen atoms in total. The van der Waals surface area contributed by atoms with E-state index >= 15 is 0 Å². The lowest BCUT2D eigenvalue weighted by Gasteiger charge is -2.32. The third-order valence-corrected chi connectivity index (χ3v) is 6.77. The number of hydrogen-bond acceptors (Lipinski definition) is 4. The number of nitrogens with one attached hydrogen (secondary N) is 2. The van der Waals surface area contributed by atoms with Gasteiger partial charge >= 0.3 is 6.03 Å². The van der Waals surface area contributed by atoms with Crippen molar-refractivity contribution >= 4 is 23.4 Å². The Hall–Kier alpha value is -2.57. The van der Waals surface area contributed by atoms with Crippen LogP contribution in [-0.4, -0.2) is 62.4 Å². The van der Waals surface area contributed by atoms with Crippen molar-refractivity contribution in [2.24, 2.45) is 11.8 Å². The molecule has 0 radical (unpaired) electrons. The van der Waals surface area contributed by atoms with Crippen molar-refractivity contribution in [1.82, 2.24) is 15.5 Å². The van der Waals surface area contributed by atoms with Crippen LogP contribution in [0, 0.1) is 11.8 Å². The van der Waals surface area contributed by atoms with Crippen molar-refractivity contribution in [3.05, 3.63) is 29.8 Å². The van der Waals surface area contributed by atoms with Crippen LogP contribution in [0.4, 0.5) is 10.5 Å². The second kappa shape index (κ2) is 11.3. The summed E-state index contributed by atoms with van der Waals surface area (Å²) in [5.41, 5.74) is 1.62. The van der Waals surface area contributed by atoms with Crippen molar-refractivity contribution in [2.45, 2.75) is 57.9 Å². The van der Waals surface area contributed by atoms with E-state index in [2.05, 4.69) is 17.6 Å². The fourth-order valence-electron chi connectivity index (χ4n) is 4.84. The van der Waals surface area contributed by atoms with Gasteiger partial charge in [0.25, 0.3) is 0 Å². The molecule has 3 rings (SSSR count). The van der Waals surface area contributed by atoms with Crippen molar-refractivity contribution in [3.63, 3.8) is 0 Å². The van der Waals surface area contributed by atoms with Gasteiger partial charge in [-0.3, -0.25) is 9.59 Å². The highest BCUT2D eigenvalue weighted by Crippen LogP contribution is 2.28. The Labute approximate surface area is 191 Å². The zero-order valence-corrected chi connectivity index (χ0v) is 19.7. The van der Waals surface area contributed by atoms with Crippen LogP contribution in [0.2, 0.25) is 0 Å². The van der Waals surface area contributed by atoms with Gasteiger partial charge in [-0.1, -0.05) is 26.2 Å². The number of carbonyl (C=O) groups excluding carboxylic acids is 3. The number of nitrogens with zero attached hydrogens (tertiary/aromatic N) is 2. The van der Waals surface area contributed by atoms with Crippen molar-refractivity contribution in [1.29, 1.82) is 0 Å². The van der Waals surface area contributed by atoms with Crippen LogP contribution in [0.5, 0.6) is 0 Å². The Morgan fingerprint density at radius 2 is 1.72 bits per heavy atom. The summed E-state index contributed by atoms with van der Waals surface area (Å²) < 4.78 is 0. The van der Waals surface area contributed by atoms with Crippen molar-refractivity contribution < 1.29 is 14.4 Å². The van der Waals surface area contributed by atoms with Crippen LogP contribution < -0.4 is 15.5 Å². The number of Topliss-reactive ketones (excluding diaryl/α,β-unsaturated/α-hetero) is 1. The molecule has 3 amide bonds. The van der Waals surface area contributed by atoms with Gasteiger partial charge in [0.05, 0.1) is 12.6 Å². The SMILES string of the molecule is C[C@@H]1CCCN(C(=O)CNC(=O)NC(C(=O)c2ccc(N(C)C)cc2)C2CCCCC2)C1. The molecule has 1 saturated heterocycles. The lowest BCUT2D eigenvalue weighted by molar-refractivity contribution is -0.131. The van der Waals surface area contributed by atoms with E-state index < -0.39 is 12.1 Å². The summed E-state index contributed by atoms with van der Waals surface area (Å²) in [6.45, 7) is 3.60. The minimum absolute atomic E-state index is 0.0400. The lowest BCUT2D eigenvalue weighted by atomic mass is 9.81. The standard InChI is InChI=1S/C25H38N4O3/c1-18-8-7-15-29(17-18)22(30)16-26-25(32)27-23(19-9-5-4-6-10-19)24(31)20-11-13-21(14-12-20)28(2)3/h11-14,18-19,23H,4-10,15-17H2,1-3H3,(H2,26,27,32)/t18-,23?/m1/s1. The molecule has 0 aromatic heterocycles. The topological polar surface area (TPSA) is 81.8 Å². The summed E-state index contributed by atoms with van der Waals surface area (Å²) in [7, 11) is 3.92. The first-order valence-corrected chi connectivity index (χ1v) is 12.0. The molecule has 1 aromatic rings. The van der Waals surface area contributed by atoms with Crippen molar-refractivity contribution in [3.8, 4) is 0 Å². The van der Waals surface area contributed by atoms with Gasteiger partial charge in [0, 0.05) is 38.4 Å². The fourth-order valence-corrected chi connectivity index (χ4v) is 4.84. The molecule has 2 atom stereocenters. The summed E-state index contributed by atoms with van der Waals surface area (Å²) in [6, 6.07) is 6.47. The zero-order valence-electron chi connectivity index (χ0n) is 19.7. The fraction of sp³-hybridized carbons (Fsp3) is 0.640. The van der Waals surface area contributed by atoms with Crippen molar-refractivity contribution in [2.75, 3.05) is 38.6 Å². The van der Waals surface area contributed by atoms with Crippen LogP contribution in [0.15, 0.2) is 24.3 Å². The van der Waals surface area contributed by atoms with E-state index in [1.165, 1.54) is 6.42 Å². The van der Waals surface area contributed by atoms with Crippen LogP contribution in [0.3, 0.4) is 0 Å². The number of benzene rings is 1. The van der Waals surface area contributed by atoms with Gasteiger partial charge in [0.1, 0.15) is 0 Å². The van der Waals surface area contributed by atoms with Gasteiger partial charge in [-0.15, -0.1) is 0 Å². The average Bonchev–Trinajstić information content (AvgIpc) is 2.81. The molecule has 2 N–H and O–H groups in total. The maximum atomic E-state index is 13.4. The summed E-state index contributed by atoms with van der Waals surface area (Å²) >= 11 is 0. The molecule has 1 heterocycles. The second-order valence-corrected chi connectivity index (χ2v) is 9.60. The highest BCUT2D eigenvalue weighted by molar-refractivity contribution is 6.02. The number of carbonyl (C=O) groups is 3. The van der Waals surface area contributed by atoms with E-state index in [0.29, 0.717) is 11.5 Å². The molecular formula is C25H38N4O3. The highest BCUT2D eigenvalue weighted by Gasteiger charge is 2.32. The van der Waals surface area contributed by atoms with Gasteiger partial charge < -0.3 is 20.4 Å². The van der Waals surface area contributed by atoms with Gasteiger partial charge in [-0.25, -0.2) is 4.79 Å². The lowest BCUT2D eigenvalue weighted by Crippen LogP contribution is -2.52. The molecular weight excluding hydrogens is 404 g/mol. The minimum Gasteiger partial charge on any atom is -0.378 e. The summed E-state index contributed by atoms with van der Waals surface area (Å²) in [5, 5.41) is 5.60. The Morgan fingerprint density at radius 3 is 2.34 bits per heavy atom. The van der Waals surface area contributed by atoms with E-state index in [9.17, 15) is 14.4 Å². The molecule has 1 aliphatic heterocycles. The number of rotatable bonds is 7. The van der Waals surface area contributed by atoms with E-state index in [-0.39, 0.29) is 24.2 Å². The van der Waals surface area contributed by atoms with E-state index in [0.717, 1.165) is 57.3 Å². The second-order valence-electron chi connectivity index (χ2n) is 9.60. The quantitative estimate of drug-likeness (QED) is 0.634. The molecule has 2 fully saturated rings. The van der Waals surface area contributed by atoms with Crippen LogP contribution >= 0.6 is 0 Å². The average molecular weight is 443 g/mol. The monoisotopic (exact) mass is 442 g/mol. The summed E-state index contributed by atoms with van der Waals surface area (Å²) in [5.74, 6) is 0.489. The van der Waals surface area contributed by atoms with Gasteiger partial charge in [-0.2, -0.15) is 0 Å². The van der Waals surface area contributed by atoms with E-state index in [1.807, 2.05) is 48.2 Å². The first-order chi connectivity index (χ1) is 15.3. The van der Waals surface area contributed by atoms with Gasteiger partial charge in [0.2, 0.25) is 5.91 Å². The smallest absolute Gasteiger partial charge is 0.315 e. The molecule has 1 unspecified atom stereocenters. The minimum atomic E-state index is -0.578. The largest absolute Gasteiger partial charge is 0.378 e. The third-order valence-electron chi connectivity index (χ3n) is 6.77. The maximum absolute atomic E-state index is 13.4. The highest BCUT2D eigenvalue weighted by atomic mass is 16.2. The number of likely N-dealkylation sites (tertiary alicyclic amines) is 1. The number of piperidine rings is 1. The number of urea groups is 1.